The third-order valence-electron chi connectivity index (χ3n) is 2.14. The molecular formula is C12H14F2N4. The number of rotatable bonds is 3. The smallest absolute Gasteiger partial charge is 0.193 e. The van der Waals surface area contributed by atoms with Crippen molar-refractivity contribution in [3.05, 3.63) is 29.8 Å². The highest BCUT2D eigenvalue weighted by molar-refractivity contribution is 5.92. The maximum absolute atomic E-state index is 13.3. The van der Waals surface area contributed by atoms with E-state index in [4.69, 9.17) is 11.0 Å². The Bertz CT molecular complexity index is 503. The van der Waals surface area contributed by atoms with Crippen molar-refractivity contribution in [3.8, 4) is 6.07 Å². The quantitative estimate of drug-likeness (QED) is 0.640. The predicted molar refractivity (Wildman–Crippen MR) is 65.9 cm³/mol. The minimum atomic E-state index is -0.660. The second-order valence-electron chi connectivity index (χ2n) is 4.45. The van der Waals surface area contributed by atoms with Gasteiger partial charge in [0.05, 0.1) is 23.7 Å². The molecule has 6 heteroatoms. The first kappa shape index (κ1) is 13.9. The van der Waals surface area contributed by atoms with Gasteiger partial charge >= 0.3 is 0 Å². The number of guanidine groups is 1. The number of hydrogen-bond acceptors (Lipinski definition) is 2. The third-order valence-corrected chi connectivity index (χ3v) is 2.14. The van der Waals surface area contributed by atoms with E-state index in [1.165, 1.54) is 0 Å². The van der Waals surface area contributed by atoms with Crippen molar-refractivity contribution >= 4 is 11.6 Å². The average Bonchev–Trinajstić information content (AvgIpc) is 2.31. The van der Waals surface area contributed by atoms with Gasteiger partial charge in [0.2, 0.25) is 0 Å². The van der Waals surface area contributed by atoms with Crippen LogP contribution < -0.4 is 11.1 Å². The number of aliphatic imine (C=N–C) groups is 1. The Hall–Kier alpha value is -2.16. The molecule has 0 saturated carbocycles. The topological polar surface area (TPSA) is 74.2 Å². The molecule has 0 atom stereocenters. The van der Waals surface area contributed by atoms with Gasteiger partial charge in [-0.15, -0.1) is 0 Å². The molecule has 0 aliphatic heterocycles. The number of nitrogens with one attached hydrogen (secondary N) is 1. The molecule has 1 aromatic carbocycles. The van der Waals surface area contributed by atoms with Crippen LogP contribution in [0.4, 0.5) is 14.5 Å². The predicted octanol–water partition coefficient (Wildman–Crippen LogP) is 2.24. The Morgan fingerprint density at radius 2 is 2.17 bits per heavy atom. The van der Waals surface area contributed by atoms with E-state index >= 15 is 0 Å². The third kappa shape index (κ3) is 4.01. The summed E-state index contributed by atoms with van der Waals surface area (Å²) in [5.41, 5.74) is 4.78. The number of nitrogens with zero attached hydrogens (tertiary/aromatic N) is 2. The van der Waals surface area contributed by atoms with Gasteiger partial charge in [0.25, 0.3) is 0 Å². The molecule has 4 nitrogen and oxygen atoms in total. The van der Waals surface area contributed by atoms with Gasteiger partial charge < -0.3 is 11.1 Å². The van der Waals surface area contributed by atoms with E-state index in [2.05, 4.69) is 16.4 Å². The SMILES string of the molecule is CC(C)(C#N)CN=C(N)Nc1cc(F)ccc1F. The fraction of sp³-hybridized carbons (Fsp3) is 0.333. The van der Waals surface area contributed by atoms with E-state index in [9.17, 15) is 8.78 Å². The van der Waals surface area contributed by atoms with E-state index in [0.717, 1.165) is 18.2 Å². The second-order valence-corrected chi connectivity index (χ2v) is 4.45. The van der Waals surface area contributed by atoms with Crippen molar-refractivity contribution in [2.75, 3.05) is 11.9 Å². The van der Waals surface area contributed by atoms with E-state index in [-0.39, 0.29) is 18.2 Å². The summed E-state index contributed by atoms with van der Waals surface area (Å²) >= 11 is 0. The summed E-state index contributed by atoms with van der Waals surface area (Å²) in [4.78, 5) is 3.90. The molecule has 0 unspecified atom stereocenters. The van der Waals surface area contributed by atoms with Gasteiger partial charge in [0.1, 0.15) is 11.6 Å². The van der Waals surface area contributed by atoms with E-state index < -0.39 is 17.0 Å². The van der Waals surface area contributed by atoms with Crippen molar-refractivity contribution in [1.29, 1.82) is 5.26 Å². The molecule has 0 heterocycles. The standard InChI is InChI=1S/C12H14F2N4/c1-12(2,6-15)7-17-11(16)18-10-5-8(13)3-4-9(10)14/h3-5H,7H2,1-2H3,(H3,16,17,18). The summed E-state index contributed by atoms with van der Waals surface area (Å²) in [5, 5.41) is 11.2. The molecule has 0 aliphatic rings. The lowest BCUT2D eigenvalue weighted by atomic mass is 9.96. The largest absolute Gasteiger partial charge is 0.370 e. The minimum Gasteiger partial charge on any atom is -0.370 e. The van der Waals surface area contributed by atoms with Crippen LogP contribution in [0, 0.1) is 28.4 Å². The van der Waals surface area contributed by atoms with Crippen LogP contribution in [0.15, 0.2) is 23.2 Å². The van der Waals surface area contributed by atoms with Gasteiger partial charge in [0.15, 0.2) is 5.96 Å². The maximum atomic E-state index is 13.3. The van der Waals surface area contributed by atoms with E-state index in [1.807, 2.05) is 0 Å². The summed E-state index contributed by atoms with van der Waals surface area (Å²) < 4.78 is 26.2. The van der Waals surface area contributed by atoms with E-state index in [0.29, 0.717) is 0 Å². The van der Waals surface area contributed by atoms with E-state index in [1.54, 1.807) is 13.8 Å². The number of anilines is 1. The zero-order valence-corrected chi connectivity index (χ0v) is 10.2. The summed E-state index contributed by atoms with van der Waals surface area (Å²) in [5.74, 6) is -1.28. The highest BCUT2D eigenvalue weighted by atomic mass is 19.1. The van der Waals surface area contributed by atoms with Crippen molar-refractivity contribution in [1.82, 2.24) is 0 Å². The van der Waals surface area contributed by atoms with Gasteiger partial charge in [-0.3, -0.25) is 4.99 Å². The number of nitrogens with two attached hydrogens (primary N) is 1. The lowest BCUT2D eigenvalue weighted by Gasteiger charge is -2.12. The summed E-state index contributed by atoms with van der Waals surface area (Å²) in [6.45, 7) is 3.57. The maximum Gasteiger partial charge on any atom is 0.193 e. The molecule has 0 radical (unpaired) electrons. The average molecular weight is 252 g/mol. The number of halogens is 2. The van der Waals surface area contributed by atoms with Crippen LogP contribution in [0.5, 0.6) is 0 Å². The van der Waals surface area contributed by atoms with Gasteiger partial charge in [-0.2, -0.15) is 5.26 Å². The molecule has 18 heavy (non-hydrogen) atoms. The zero-order chi connectivity index (χ0) is 13.8. The minimum absolute atomic E-state index is 0.0668. The fourth-order valence-electron chi connectivity index (χ4n) is 1.09. The number of benzene rings is 1. The van der Waals surface area contributed by atoms with Crippen LogP contribution in [-0.2, 0) is 0 Å². The van der Waals surface area contributed by atoms with Gasteiger partial charge in [-0.25, -0.2) is 8.78 Å². The van der Waals surface area contributed by atoms with Crippen molar-refractivity contribution in [3.63, 3.8) is 0 Å². The Kier molecular flexibility index (Phi) is 4.21. The Labute approximate surface area is 104 Å². The first-order chi connectivity index (χ1) is 8.34. The lowest BCUT2D eigenvalue weighted by molar-refractivity contribution is 0.512. The molecule has 0 bridgehead atoms. The molecule has 1 aromatic rings. The monoisotopic (exact) mass is 252 g/mol. The molecule has 1 rings (SSSR count). The molecule has 0 spiro atoms. The molecule has 0 amide bonds. The molecule has 96 valence electrons. The van der Waals surface area contributed by atoms with Gasteiger partial charge in [0, 0.05) is 6.07 Å². The van der Waals surface area contributed by atoms with Gasteiger partial charge in [-0.05, 0) is 26.0 Å². The molecule has 3 N–H and O–H groups in total. The molecule has 0 aromatic heterocycles. The Morgan fingerprint density at radius 1 is 1.50 bits per heavy atom. The normalized spacial score (nSPS) is 12.1. The van der Waals surface area contributed by atoms with Crippen molar-refractivity contribution < 1.29 is 8.78 Å². The fourth-order valence-corrected chi connectivity index (χ4v) is 1.09. The van der Waals surface area contributed by atoms with Crippen LogP contribution in [-0.4, -0.2) is 12.5 Å². The van der Waals surface area contributed by atoms with Crippen LogP contribution in [0.25, 0.3) is 0 Å². The van der Waals surface area contributed by atoms with Gasteiger partial charge in [-0.1, -0.05) is 0 Å². The second kappa shape index (κ2) is 5.45. The van der Waals surface area contributed by atoms with Crippen molar-refractivity contribution in [2.24, 2.45) is 16.1 Å². The highest BCUT2D eigenvalue weighted by Crippen LogP contribution is 2.16. The van der Waals surface area contributed by atoms with Crippen molar-refractivity contribution in [2.45, 2.75) is 13.8 Å². The van der Waals surface area contributed by atoms with Crippen LogP contribution >= 0.6 is 0 Å². The molecular weight excluding hydrogens is 238 g/mol. The molecule has 0 aliphatic carbocycles. The summed E-state index contributed by atoms with van der Waals surface area (Å²) in [6, 6.07) is 5.03. The highest BCUT2D eigenvalue weighted by Gasteiger charge is 2.15. The molecule has 0 fully saturated rings. The summed E-state index contributed by atoms with van der Waals surface area (Å²) in [7, 11) is 0. The first-order valence-corrected chi connectivity index (χ1v) is 5.27. The Morgan fingerprint density at radius 3 is 2.78 bits per heavy atom. The molecule has 0 saturated heterocycles. The first-order valence-electron chi connectivity index (χ1n) is 5.27. The number of nitriles is 1. The van der Waals surface area contributed by atoms with Crippen LogP contribution in [0.3, 0.4) is 0 Å². The van der Waals surface area contributed by atoms with Crippen LogP contribution in [0.2, 0.25) is 0 Å². The van der Waals surface area contributed by atoms with Crippen LogP contribution in [0.1, 0.15) is 13.8 Å². The summed E-state index contributed by atoms with van der Waals surface area (Å²) in [6.07, 6.45) is 0. The Balaban J connectivity index is 2.76. The zero-order valence-electron chi connectivity index (χ0n) is 10.2. The number of hydrogen-bond donors (Lipinski definition) is 2. The lowest BCUT2D eigenvalue weighted by Crippen LogP contribution is -2.25.